The van der Waals surface area contributed by atoms with Gasteiger partial charge in [-0.25, -0.2) is 9.97 Å². The molecule has 22 heavy (non-hydrogen) atoms. The molecular weight excluding hydrogens is 280 g/mol. The molecule has 1 aliphatic carbocycles. The Bertz CT molecular complexity index is 576. The van der Waals surface area contributed by atoms with Gasteiger partial charge in [-0.1, -0.05) is 0 Å². The van der Waals surface area contributed by atoms with Crippen molar-refractivity contribution in [3.05, 3.63) is 17.0 Å². The molecule has 0 saturated carbocycles. The van der Waals surface area contributed by atoms with Crippen molar-refractivity contribution in [1.82, 2.24) is 14.9 Å². The average molecular weight is 304 g/mol. The van der Waals surface area contributed by atoms with Crippen molar-refractivity contribution in [3.63, 3.8) is 0 Å². The van der Waals surface area contributed by atoms with E-state index in [0.717, 1.165) is 24.2 Å². The Kier molecular flexibility index (Phi) is 4.29. The summed E-state index contributed by atoms with van der Waals surface area (Å²) < 4.78 is 0. The Hall–Kier alpha value is -1.69. The second kappa shape index (κ2) is 6.20. The van der Waals surface area contributed by atoms with Gasteiger partial charge in [-0.3, -0.25) is 4.79 Å². The minimum absolute atomic E-state index is 0.00319. The maximum Gasteiger partial charge on any atom is 0.225 e. The van der Waals surface area contributed by atoms with E-state index in [-0.39, 0.29) is 5.91 Å². The van der Waals surface area contributed by atoms with E-state index in [2.05, 4.69) is 4.98 Å². The molecule has 2 heterocycles. The second-order valence-electron chi connectivity index (χ2n) is 6.31. The molecule has 1 saturated heterocycles. The summed E-state index contributed by atoms with van der Waals surface area (Å²) in [7, 11) is 0. The monoisotopic (exact) mass is 304 g/mol. The summed E-state index contributed by atoms with van der Waals surface area (Å²) in [4.78, 5) is 24.7. The van der Waals surface area contributed by atoms with Gasteiger partial charge < -0.3 is 14.9 Å². The molecule has 6 heteroatoms. The number of aryl methyl sites for hydroxylation is 2. The Morgan fingerprint density at radius 2 is 1.95 bits per heavy atom. The van der Waals surface area contributed by atoms with Crippen LogP contribution in [0.15, 0.2) is 0 Å². The fourth-order valence-corrected chi connectivity index (χ4v) is 3.37. The number of carbonyl (C=O) groups excluding carboxylic acids is 1. The first-order valence-electron chi connectivity index (χ1n) is 8.09. The fraction of sp³-hybridized carbons (Fsp3) is 0.688. The van der Waals surface area contributed by atoms with Gasteiger partial charge in [-0.15, -0.1) is 0 Å². The van der Waals surface area contributed by atoms with Crippen LogP contribution in [-0.4, -0.2) is 58.2 Å². The molecule has 0 spiro atoms. The maximum absolute atomic E-state index is 11.6. The fourth-order valence-electron chi connectivity index (χ4n) is 3.37. The van der Waals surface area contributed by atoms with E-state index < -0.39 is 6.10 Å². The van der Waals surface area contributed by atoms with Crippen LogP contribution in [-0.2, 0) is 17.6 Å². The minimum atomic E-state index is -0.564. The lowest BCUT2D eigenvalue weighted by Gasteiger charge is -2.25. The lowest BCUT2D eigenvalue weighted by atomic mass is 9.95. The van der Waals surface area contributed by atoms with Gasteiger partial charge >= 0.3 is 0 Å². The molecule has 1 fully saturated rings. The van der Waals surface area contributed by atoms with Crippen LogP contribution in [0.4, 0.5) is 5.95 Å². The average Bonchev–Trinajstić information content (AvgIpc) is 2.69. The molecule has 2 aliphatic rings. The summed E-state index contributed by atoms with van der Waals surface area (Å²) in [5.74, 6) is 0.700. The standard InChI is InChI=1S/C16H24N4O2/c1-11-14-5-3-4-6-15(14)18-16(17-11)20-8-7-19(12(2)21)9-13(22)10-20/h13,22H,3-10H2,1-2H3/t13-/m0/s1. The van der Waals surface area contributed by atoms with Crippen LogP contribution < -0.4 is 4.90 Å². The Morgan fingerprint density at radius 1 is 1.18 bits per heavy atom. The lowest BCUT2D eigenvalue weighted by molar-refractivity contribution is -0.129. The van der Waals surface area contributed by atoms with E-state index in [1.807, 2.05) is 11.8 Å². The summed E-state index contributed by atoms with van der Waals surface area (Å²) in [5, 5.41) is 10.2. The zero-order chi connectivity index (χ0) is 15.7. The number of anilines is 1. The van der Waals surface area contributed by atoms with Gasteiger partial charge in [-0.2, -0.15) is 0 Å². The van der Waals surface area contributed by atoms with E-state index in [1.54, 1.807) is 11.8 Å². The first-order chi connectivity index (χ1) is 10.5. The predicted molar refractivity (Wildman–Crippen MR) is 83.9 cm³/mol. The predicted octanol–water partition coefficient (Wildman–Crippen LogP) is 0.693. The van der Waals surface area contributed by atoms with Crippen molar-refractivity contribution >= 4 is 11.9 Å². The number of β-amino-alcohol motifs (C(OH)–C–C–N with tert-alkyl or cyclic N) is 1. The van der Waals surface area contributed by atoms with E-state index in [0.29, 0.717) is 32.1 Å². The number of rotatable bonds is 1. The molecule has 0 unspecified atom stereocenters. The van der Waals surface area contributed by atoms with Gasteiger partial charge in [0.1, 0.15) is 0 Å². The van der Waals surface area contributed by atoms with Crippen molar-refractivity contribution in [2.75, 3.05) is 31.1 Å². The zero-order valence-corrected chi connectivity index (χ0v) is 13.4. The molecule has 1 aromatic heterocycles. The third-order valence-corrected chi connectivity index (χ3v) is 4.61. The molecule has 1 aromatic rings. The van der Waals surface area contributed by atoms with Gasteiger partial charge in [0.05, 0.1) is 6.10 Å². The van der Waals surface area contributed by atoms with Crippen molar-refractivity contribution < 1.29 is 9.90 Å². The molecule has 0 radical (unpaired) electrons. The van der Waals surface area contributed by atoms with E-state index in [1.165, 1.54) is 18.4 Å². The van der Waals surface area contributed by atoms with Crippen molar-refractivity contribution in [2.24, 2.45) is 0 Å². The second-order valence-corrected chi connectivity index (χ2v) is 6.31. The van der Waals surface area contributed by atoms with E-state index >= 15 is 0 Å². The molecular formula is C16H24N4O2. The molecule has 120 valence electrons. The molecule has 0 bridgehead atoms. The van der Waals surface area contributed by atoms with Gasteiger partial charge in [0.2, 0.25) is 11.9 Å². The molecule has 1 N–H and O–H groups in total. The van der Waals surface area contributed by atoms with Crippen molar-refractivity contribution in [2.45, 2.75) is 45.6 Å². The maximum atomic E-state index is 11.6. The quantitative estimate of drug-likeness (QED) is 0.827. The van der Waals surface area contributed by atoms with Crippen LogP contribution in [0, 0.1) is 6.92 Å². The van der Waals surface area contributed by atoms with Crippen LogP contribution in [0.25, 0.3) is 0 Å². The number of aliphatic hydroxyl groups excluding tert-OH is 1. The summed E-state index contributed by atoms with van der Waals surface area (Å²) in [6.45, 7) is 5.71. The normalized spacial score (nSPS) is 22.2. The van der Waals surface area contributed by atoms with Gasteiger partial charge in [0, 0.05) is 44.5 Å². The Labute approximate surface area is 131 Å². The number of carbonyl (C=O) groups is 1. The topological polar surface area (TPSA) is 69.6 Å². The number of aromatic nitrogens is 2. The van der Waals surface area contributed by atoms with Gasteiger partial charge in [-0.05, 0) is 38.2 Å². The number of nitrogens with zero attached hydrogens (tertiary/aromatic N) is 4. The Balaban J connectivity index is 1.84. The van der Waals surface area contributed by atoms with Gasteiger partial charge in [0.25, 0.3) is 0 Å². The third-order valence-electron chi connectivity index (χ3n) is 4.61. The summed E-state index contributed by atoms with van der Waals surface area (Å²) in [5.41, 5.74) is 3.52. The molecule has 6 nitrogen and oxygen atoms in total. The zero-order valence-electron chi connectivity index (χ0n) is 13.4. The summed E-state index contributed by atoms with van der Waals surface area (Å²) in [6, 6.07) is 0. The lowest BCUT2D eigenvalue weighted by Crippen LogP contribution is -2.36. The molecule has 1 atom stereocenters. The molecule has 3 rings (SSSR count). The summed E-state index contributed by atoms with van der Waals surface area (Å²) >= 11 is 0. The number of hydrogen-bond acceptors (Lipinski definition) is 5. The van der Waals surface area contributed by atoms with Crippen molar-refractivity contribution in [3.8, 4) is 0 Å². The highest BCUT2D eigenvalue weighted by Gasteiger charge is 2.25. The molecule has 1 amide bonds. The number of aliphatic hydroxyl groups is 1. The Morgan fingerprint density at radius 3 is 2.73 bits per heavy atom. The first-order valence-corrected chi connectivity index (χ1v) is 8.09. The van der Waals surface area contributed by atoms with Crippen LogP contribution in [0.2, 0.25) is 0 Å². The number of fused-ring (bicyclic) bond motifs is 1. The minimum Gasteiger partial charge on any atom is -0.389 e. The number of amides is 1. The van der Waals surface area contributed by atoms with E-state index in [9.17, 15) is 9.90 Å². The molecule has 1 aliphatic heterocycles. The third kappa shape index (κ3) is 3.06. The highest BCUT2D eigenvalue weighted by Crippen LogP contribution is 2.24. The van der Waals surface area contributed by atoms with Crippen LogP contribution in [0.5, 0.6) is 0 Å². The van der Waals surface area contributed by atoms with Crippen molar-refractivity contribution in [1.29, 1.82) is 0 Å². The van der Waals surface area contributed by atoms with Crippen LogP contribution in [0.3, 0.4) is 0 Å². The number of hydrogen-bond donors (Lipinski definition) is 1. The summed E-state index contributed by atoms with van der Waals surface area (Å²) in [6.07, 6.45) is 3.92. The SMILES string of the molecule is CC(=O)N1CCN(c2nc(C)c3c(n2)CCCC3)C[C@@H](O)C1. The van der Waals surface area contributed by atoms with Crippen LogP contribution in [0.1, 0.15) is 36.7 Å². The molecule has 0 aromatic carbocycles. The highest BCUT2D eigenvalue weighted by atomic mass is 16.3. The smallest absolute Gasteiger partial charge is 0.225 e. The van der Waals surface area contributed by atoms with E-state index in [4.69, 9.17) is 4.98 Å². The highest BCUT2D eigenvalue weighted by molar-refractivity contribution is 5.73. The largest absolute Gasteiger partial charge is 0.389 e. The van der Waals surface area contributed by atoms with Crippen LogP contribution >= 0.6 is 0 Å². The van der Waals surface area contributed by atoms with Gasteiger partial charge in [0.15, 0.2) is 0 Å². The first kappa shape index (κ1) is 15.2.